The van der Waals surface area contributed by atoms with E-state index >= 15 is 0 Å². The molecule has 6 heteroatoms. The Hall–Kier alpha value is -4.29. The summed E-state index contributed by atoms with van der Waals surface area (Å²) in [5.74, 6) is 0.210. The van der Waals surface area contributed by atoms with Crippen molar-refractivity contribution in [2.75, 3.05) is 0 Å². The van der Waals surface area contributed by atoms with Gasteiger partial charge in [0.15, 0.2) is 4.80 Å². The number of hydrogen-bond acceptors (Lipinski definition) is 4. The molecule has 36 heavy (non-hydrogen) atoms. The Balaban J connectivity index is 1.59. The van der Waals surface area contributed by atoms with Crippen molar-refractivity contribution in [3.05, 3.63) is 147 Å². The number of nitrogens with zero attached hydrogens (tertiary/aromatic N) is 3. The minimum Gasteiger partial charge on any atom is -0.316 e. The van der Waals surface area contributed by atoms with Crippen molar-refractivity contribution >= 4 is 22.7 Å². The van der Waals surface area contributed by atoms with Crippen LogP contribution in [0.2, 0.25) is 0 Å². The molecule has 0 amide bonds. The molecule has 5 aromatic rings. The molecule has 4 aromatic carbocycles. The van der Waals surface area contributed by atoms with Gasteiger partial charge in [-0.05, 0) is 29.2 Å². The van der Waals surface area contributed by atoms with E-state index in [4.69, 9.17) is 4.99 Å². The first-order valence-electron chi connectivity index (χ1n) is 11.8. The van der Waals surface area contributed by atoms with E-state index < -0.39 is 0 Å². The smallest absolute Gasteiger partial charge is 0.294 e. The zero-order valence-electron chi connectivity index (χ0n) is 19.6. The van der Waals surface area contributed by atoms with E-state index in [9.17, 15) is 10.1 Å². The van der Waals surface area contributed by atoms with E-state index in [0.717, 1.165) is 22.5 Å². The largest absolute Gasteiger partial charge is 0.316 e. The highest BCUT2D eigenvalue weighted by Gasteiger charge is 2.17. The molecule has 0 aliphatic heterocycles. The van der Waals surface area contributed by atoms with Crippen molar-refractivity contribution < 1.29 is 4.92 Å². The van der Waals surface area contributed by atoms with Crippen molar-refractivity contribution in [2.45, 2.75) is 18.9 Å². The average Bonchev–Trinajstić information content (AvgIpc) is 3.33. The number of para-hydroxylation sites is 2. The predicted octanol–water partition coefficient (Wildman–Crippen LogP) is 7.58. The number of thiazole rings is 1. The molecular weight excluding hydrogens is 466 g/mol. The Labute approximate surface area is 213 Å². The summed E-state index contributed by atoms with van der Waals surface area (Å²) in [6.07, 6.45) is 0.856. The molecule has 0 atom stereocenters. The van der Waals surface area contributed by atoms with Gasteiger partial charge in [-0.3, -0.25) is 10.1 Å². The van der Waals surface area contributed by atoms with Gasteiger partial charge >= 0.3 is 0 Å². The summed E-state index contributed by atoms with van der Waals surface area (Å²) >= 11 is 1.50. The number of hydrogen-bond donors (Lipinski definition) is 0. The van der Waals surface area contributed by atoms with Crippen LogP contribution < -0.4 is 4.80 Å². The maximum absolute atomic E-state index is 11.6. The normalized spacial score (nSPS) is 11.6. The highest BCUT2D eigenvalue weighted by Crippen LogP contribution is 2.30. The number of nitro groups is 1. The van der Waals surface area contributed by atoms with Crippen molar-refractivity contribution in [1.29, 1.82) is 0 Å². The van der Waals surface area contributed by atoms with Crippen LogP contribution in [0.5, 0.6) is 0 Å². The van der Waals surface area contributed by atoms with E-state index in [2.05, 4.69) is 70.6 Å². The molecule has 1 heterocycles. The van der Waals surface area contributed by atoms with Crippen molar-refractivity contribution in [3.8, 4) is 11.3 Å². The molecule has 0 saturated heterocycles. The molecule has 0 radical (unpaired) electrons. The van der Waals surface area contributed by atoms with Gasteiger partial charge in [-0.2, -0.15) is 0 Å². The highest BCUT2D eigenvalue weighted by molar-refractivity contribution is 7.07. The molecule has 0 saturated carbocycles. The fourth-order valence-corrected chi connectivity index (χ4v) is 5.39. The fraction of sp³-hybridized carbons (Fsp3) is 0.100. The summed E-state index contributed by atoms with van der Waals surface area (Å²) in [4.78, 5) is 16.7. The maximum Gasteiger partial charge on any atom is 0.294 e. The topological polar surface area (TPSA) is 60.4 Å². The second-order valence-corrected chi connectivity index (χ2v) is 9.28. The quantitative estimate of drug-likeness (QED) is 0.166. The van der Waals surface area contributed by atoms with Crippen LogP contribution in [0, 0.1) is 10.1 Å². The van der Waals surface area contributed by atoms with Gasteiger partial charge in [0.05, 0.1) is 10.6 Å². The molecular formula is C30H25N3O2S. The molecule has 0 aliphatic rings. The third kappa shape index (κ3) is 5.19. The van der Waals surface area contributed by atoms with Crippen LogP contribution in [0.25, 0.3) is 11.3 Å². The molecule has 0 bridgehead atoms. The summed E-state index contributed by atoms with van der Waals surface area (Å²) in [6.45, 7) is 0.710. The first-order chi connectivity index (χ1) is 17.7. The molecule has 0 aliphatic carbocycles. The summed E-state index contributed by atoms with van der Waals surface area (Å²) in [5, 5.41) is 13.7. The van der Waals surface area contributed by atoms with Gasteiger partial charge in [0, 0.05) is 23.9 Å². The molecule has 1 aromatic heterocycles. The molecule has 5 nitrogen and oxygen atoms in total. The van der Waals surface area contributed by atoms with Crippen molar-refractivity contribution in [2.24, 2.45) is 4.99 Å². The van der Waals surface area contributed by atoms with Crippen molar-refractivity contribution in [1.82, 2.24) is 4.57 Å². The monoisotopic (exact) mass is 491 g/mol. The molecule has 5 rings (SSSR count). The Bertz CT molecular complexity index is 1470. The summed E-state index contributed by atoms with van der Waals surface area (Å²) in [7, 11) is 0. The van der Waals surface area contributed by atoms with Crippen LogP contribution in [0.3, 0.4) is 0 Å². The Morgan fingerprint density at radius 2 is 1.33 bits per heavy atom. The van der Waals surface area contributed by atoms with E-state index in [1.165, 1.54) is 28.5 Å². The Morgan fingerprint density at radius 1 is 0.778 bits per heavy atom. The lowest BCUT2D eigenvalue weighted by molar-refractivity contribution is -0.384. The average molecular weight is 492 g/mol. The lowest BCUT2D eigenvalue weighted by atomic mass is 9.88. The van der Waals surface area contributed by atoms with E-state index in [1.54, 1.807) is 18.2 Å². The lowest BCUT2D eigenvalue weighted by Crippen LogP contribution is -2.18. The Morgan fingerprint density at radius 3 is 1.94 bits per heavy atom. The van der Waals surface area contributed by atoms with E-state index in [1.807, 2.05) is 30.3 Å². The molecule has 0 fully saturated rings. The fourth-order valence-electron chi connectivity index (χ4n) is 4.45. The van der Waals surface area contributed by atoms with Gasteiger partial charge in [-0.1, -0.05) is 103 Å². The predicted molar refractivity (Wildman–Crippen MR) is 145 cm³/mol. The van der Waals surface area contributed by atoms with Gasteiger partial charge in [0.25, 0.3) is 5.69 Å². The van der Waals surface area contributed by atoms with Gasteiger partial charge in [-0.25, -0.2) is 4.99 Å². The number of benzene rings is 4. The molecule has 178 valence electrons. The van der Waals surface area contributed by atoms with E-state index in [-0.39, 0.29) is 16.5 Å². The highest BCUT2D eigenvalue weighted by atomic mass is 32.1. The zero-order valence-corrected chi connectivity index (χ0v) is 20.4. The van der Waals surface area contributed by atoms with Gasteiger partial charge in [-0.15, -0.1) is 11.3 Å². The third-order valence-electron chi connectivity index (χ3n) is 6.21. The standard InChI is InChI=1S/C30H25N3O2S/c34-33(35)28-19-11-10-18-27(28)31-30-32(29(22-36-30)25-16-8-3-9-17-25)21-20-26(23-12-4-1-5-13-23)24-14-6-2-7-15-24/h1-19,22,26H,20-21H2. The molecule has 0 unspecified atom stereocenters. The van der Waals surface area contributed by atoms with Gasteiger partial charge < -0.3 is 4.57 Å². The van der Waals surface area contributed by atoms with Crippen molar-refractivity contribution in [3.63, 3.8) is 0 Å². The van der Waals surface area contributed by atoms with E-state index in [0.29, 0.717) is 12.2 Å². The lowest BCUT2D eigenvalue weighted by Gasteiger charge is -2.19. The van der Waals surface area contributed by atoms with Crippen LogP contribution in [0.15, 0.2) is 126 Å². The first kappa shape index (κ1) is 23.5. The number of rotatable bonds is 8. The molecule has 0 N–H and O–H groups in total. The van der Waals surface area contributed by atoms with Crippen LogP contribution in [0.1, 0.15) is 23.5 Å². The summed E-state index contributed by atoms with van der Waals surface area (Å²) in [5.41, 5.74) is 5.04. The van der Waals surface area contributed by atoms with Crippen LogP contribution in [0.4, 0.5) is 11.4 Å². The second-order valence-electron chi connectivity index (χ2n) is 8.44. The minimum atomic E-state index is -0.379. The van der Waals surface area contributed by atoms with Crippen LogP contribution in [-0.4, -0.2) is 9.49 Å². The number of aromatic nitrogens is 1. The second kappa shape index (κ2) is 11.0. The van der Waals surface area contributed by atoms with Gasteiger partial charge in [0.2, 0.25) is 0 Å². The maximum atomic E-state index is 11.6. The van der Waals surface area contributed by atoms with Gasteiger partial charge in [0.1, 0.15) is 5.69 Å². The Kier molecular flexibility index (Phi) is 7.15. The summed E-state index contributed by atoms with van der Waals surface area (Å²) < 4.78 is 2.19. The molecule has 0 spiro atoms. The SMILES string of the molecule is O=[N+]([O-])c1ccccc1N=c1scc(-c2ccccc2)n1CCC(c1ccccc1)c1ccccc1. The minimum absolute atomic E-state index is 0.00478. The summed E-state index contributed by atoms with van der Waals surface area (Å²) in [6, 6.07) is 37.9. The zero-order chi connectivity index (χ0) is 24.7. The number of nitro benzene ring substituents is 1. The van der Waals surface area contributed by atoms with Crippen LogP contribution in [-0.2, 0) is 6.54 Å². The van der Waals surface area contributed by atoms with Crippen LogP contribution >= 0.6 is 11.3 Å². The first-order valence-corrected chi connectivity index (χ1v) is 12.7. The third-order valence-corrected chi connectivity index (χ3v) is 7.07.